The summed E-state index contributed by atoms with van der Waals surface area (Å²) in [4.78, 5) is 0. The van der Waals surface area contributed by atoms with Crippen molar-refractivity contribution >= 4 is 28.9 Å². The van der Waals surface area contributed by atoms with Gasteiger partial charge in [0, 0.05) is 6.92 Å². The van der Waals surface area contributed by atoms with Crippen LogP contribution in [0.25, 0.3) is 0 Å². The van der Waals surface area contributed by atoms with E-state index in [1.165, 1.54) is 0 Å². The van der Waals surface area contributed by atoms with Gasteiger partial charge in [-0.2, -0.15) is 0 Å². The van der Waals surface area contributed by atoms with E-state index >= 15 is 0 Å². The second-order valence-electron chi connectivity index (χ2n) is 1.15. The molecule has 0 aromatic heterocycles. The molecule has 0 aliphatic rings. The van der Waals surface area contributed by atoms with E-state index in [4.69, 9.17) is 16.3 Å². The molecule has 0 spiro atoms. The fourth-order valence-electron chi connectivity index (χ4n) is 0.229. The third-order valence-corrected chi connectivity index (χ3v) is 0.514. The van der Waals surface area contributed by atoms with Crippen molar-refractivity contribution in [1.29, 1.82) is 0 Å². The van der Waals surface area contributed by atoms with Crippen LogP contribution in [0.1, 0.15) is 13.8 Å². The molecule has 0 saturated heterocycles. The first-order valence-electron chi connectivity index (χ1n) is 1.94. The molecule has 1 nitrogen and oxygen atoms in total. The van der Waals surface area contributed by atoms with E-state index < -0.39 is 0 Å². The van der Waals surface area contributed by atoms with Gasteiger partial charge < -0.3 is 4.74 Å². The molecule has 0 rings (SSSR count). The summed E-state index contributed by atoms with van der Waals surface area (Å²) in [6.45, 7) is 3.41. The minimum Gasteiger partial charge on any atom is -0.469 e. The van der Waals surface area contributed by atoms with E-state index in [1.54, 1.807) is 13.8 Å². The highest BCUT2D eigenvalue weighted by atomic mass is 35.5. The van der Waals surface area contributed by atoms with Crippen molar-refractivity contribution in [3.05, 3.63) is 0 Å². The normalized spacial score (nSPS) is 13.0. The molecule has 0 aromatic carbocycles. The van der Waals surface area contributed by atoms with Gasteiger partial charge in [0.2, 0.25) is 0 Å². The molecule has 7 heavy (non-hydrogen) atoms. The van der Waals surface area contributed by atoms with E-state index in [1.807, 2.05) is 0 Å². The van der Waals surface area contributed by atoms with E-state index in [9.17, 15) is 0 Å². The second kappa shape index (κ2) is 3.22. The molecular weight excluding hydrogens is 132 g/mol. The molecule has 42 valence electrons. The Kier molecular flexibility index (Phi) is 3.30. The molecule has 0 N–H and O–H groups in total. The molecule has 0 aliphatic heterocycles. The van der Waals surface area contributed by atoms with Crippen LogP contribution >= 0.6 is 23.8 Å². The Morgan fingerprint density at radius 3 is 2.29 bits per heavy atom. The van der Waals surface area contributed by atoms with Gasteiger partial charge in [-0.25, -0.2) is 0 Å². The van der Waals surface area contributed by atoms with Gasteiger partial charge in [0.15, 0.2) is 10.6 Å². The zero-order valence-electron chi connectivity index (χ0n) is 4.27. The maximum absolute atomic E-state index is 5.36. The maximum atomic E-state index is 5.36. The first-order chi connectivity index (χ1) is 3.13. The minimum absolute atomic E-state index is 0.294. The number of ether oxygens (including phenoxy) is 1. The third-order valence-electron chi connectivity index (χ3n) is 0.328. The number of hydrogen-bond acceptors (Lipinski definition) is 2. The van der Waals surface area contributed by atoms with Crippen LogP contribution in [0.3, 0.4) is 0 Å². The summed E-state index contributed by atoms with van der Waals surface area (Å²) in [5.74, 6) is 0. The Hall–Kier alpha value is 0.180. The SMILES string of the molecule is CC(=S)OC(C)Cl. The van der Waals surface area contributed by atoms with E-state index in [0.717, 1.165) is 0 Å². The molecule has 0 saturated carbocycles. The van der Waals surface area contributed by atoms with E-state index in [0.29, 0.717) is 5.05 Å². The standard InChI is InChI=1S/C4H7ClOS/c1-3(5)6-4(2)7/h3H,1-2H3. The summed E-state index contributed by atoms with van der Waals surface area (Å²) < 4.78 is 4.75. The van der Waals surface area contributed by atoms with Gasteiger partial charge in [0.05, 0.1) is 0 Å². The molecular formula is C4H7ClOS. The topological polar surface area (TPSA) is 9.23 Å². The van der Waals surface area contributed by atoms with Crippen molar-refractivity contribution in [2.75, 3.05) is 0 Å². The van der Waals surface area contributed by atoms with Gasteiger partial charge in [-0.3, -0.25) is 0 Å². The fourth-order valence-corrected chi connectivity index (χ4v) is 0.559. The Labute approximate surface area is 53.6 Å². The Morgan fingerprint density at radius 1 is 1.86 bits per heavy atom. The summed E-state index contributed by atoms with van der Waals surface area (Å²) in [7, 11) is 0. The van der Waals surface area contributed by atoms with Crippen molar-refractivity contribution in [2.24, 2.45) is 0 Å². The highest BCUT2D eigenvalue weighted by Gasteiger charge is 1.92. The number of rotatable bonds is 1. The predicted octanol–water partition coefficient (Wildman–Crippen LogP) is 1.94. The van der Waals surface area contributed by atoms with Gasteiger partial charge in [0.25, 0.3) is 0 Å². The molecule has 0 heterocycles. The quantitative estimate of drug-likeness (QED) is 0.405. The molecule has 0 amide bonds. The van der Waals surface area contributed by atoms with Crippen LogP contribution in [-0.4, -0.2) is 10.6 Å². The molecule has 1 atom stereocenters. The lowest BCUT2D eigenvalue weighted by atomic mass is 10.8. The van der Waals surface area contributed by atoms with Crippen LogP contribution < -0.4 is 0 Å². The highest BCUT2D eigenvalue weighted by Crippen LogP contribution is 1.95. The average molecular weight is 139 g/mol. The summed E-state index contributed by atoms with van der Waals surface area (Å²) in [6, 6.07) is 0. The van der Waals surface area contributed by atoms with E-state index in [-0.39, 0.29) is 5.56 Å². The monoisotopic (exact) mass is 138 g/mol. The molecule has 0 fully saturated rings. The molecule has 0 aliphatic carbocycles. The van der Waals surface area contributed by atoms with Crippen LogP contribution in [0, 0.1) is 0 Å². The Bertz CT molecular complexity index is 72.1. The van der Waals surface area contributed by atoms with Crippen LogP contribution in [0.15, 0.2) is 0 Å². The van der Waals surface area contributed by atoms with Crippen molar-refractivity contribution < 1.29 is 4.74 Å². The third kappa shape index (κ3) is 6.18. The average Bonchev–Trinajstić information content (AvgIpc) is 1.27. The maximum Gasteiger partial charge on any atom is 0.170 e. The summed E-state index contributed by atoms with van der Waals surface area (Å²) in [6.07, 6.45) is 0. The van der Waals surface area contributed by atoms with Crippen LogP contribution in [0.2, 0.25) is 0 Å². The summed E-state index contributed by atoms with van der Waals surface area (Å²) in [5.41, 5.74) is -0.294. The number of halogens is 1. The molecule has 0 aromatic rings. The van der Waals surface area contributed by atoms with Crippen molar-refractivity contribution in [1.82, 2.24) is 0 Å². The number of alkyl halides is 1. The minimum atomic E-state index is -0.294. The van der Waals surface area contributed by atoms with Gasteiger partial charge in [0.1, 0.15) is 0 Å². The largest absolute Gasteiger partial charge is 0.469 e. The summed E-state index contributed by atoms with van der Waals surface area (Å²) in [5, 5.41) is 0.488. The molecule has 0 radical (unpaired) electrons. The van der Waals surface area contributed by atoms with Crippen molar-refractivity contribution in [3.63, 3.8) is 0 Å². The lowest BCUT2D eigenvalue weighted by Crippen LogP contribution is -2.01. The predicted molar refractivity (Wildman–Crippen MR) is 34.7 cm³/mol. The molecule has 0 bridgehead atoms. The van der Waals surface area contributed by atoms with Gasteiger partial charge in [-0.15, -0.1) is 0 Å². The van der Waals surface area contributed by atoms with Gasteiger partial charge in [-0.05, 0) is 19.1 Å². The fraction of sp³-hybridized carbons (Fsp3) is 0.750. The van der Waals surface area contributed by atoms with Crippen molar-refractivity contribution in [3.8, 4) is 0 Å². The zero-order chi connectivity index (χ0) is 5.86. The van der Waals surface area contributed by atoms with Crippen LogP contribution in [-0.2, 0) is 4.74 Å². The number of hydrogen-bond donors (Lipinski definition) is 0. The smallest absolute Gasteiger partial charge is 0.170 e. The van der Waals surface area contributed by atoms with Crippen LogP contribution in [0.5, 0.6) is 0 Å². The lowest BCUT2D eigenvalue weighted by molar-refractivity contribution is 0.294. The first kappa shape index (κ1) is 7.18. The second-order valence-corrected chi connectivity index (χ2v) is 2.34. The molecule has 1 unspecified atom stereocenters. The Morgan fingerprint density at radius 2 is 2.29 bits per heavy atom. The van der Waals surface area contributed by atoms with E-state index in [2.05, 4.69) is 12.2 Å². The lowest BCUT2D eigenvalue weighted by Gasteiger charge is -2.02. The molecule has 3 heteroatoms. The highest BCUT2D eigenvalue weighted by molar-refractivity contribution is 7.80. The van der Waals surface area contributed by atoms with Crippen LogP contribution in [0.4, 0.5) is 0 Å². The first-order valence-corrected chi connectivity index (χ1v) is 2.78. The zero-order valence-corrected chi connectivity index (χ0v) is 5.84. The Balaban J connectivity index is 3.13. The van der Waals surface area contributed by atoms with Crippen molar-refractivity contribution in [2.45, 2.75) is 19.4 Å². The van der Waals surface area contributed by atoms with Gasteiger partial charge >= 0.3 is 0 Å². The summed E-state index contributed by atoms with van der Waals surface area (Å²) >= 11 is 9.93. The number of thiocarbonyl (C=S) groups is 1. The van der Waals surface area contributed by atoms with Gasteiger partial charge in [-0.1, -0.05) is 11.6 Å².